The van der Waals surface area contributed by atoms with Crippen LogP contribution in [0.4, 0.5) is 0 Å². The van der Waals surface area contributed by atoms with Crippen LogP contribution in [0.25, 0.3) is 10.9 Å². The van der Waals surface area contributed by atoms with Crippen LogP contribution < -0.4 is 4.74 Å². The Morgan fingerprint density at radius 3 is 2.46 bits per heavy atom. The van der Waals surface area contributed by atoms with Gasteiger partial charge in [0, 0.05) is 21.7 Å². The summed E-state index contributed by atoms with van der Waals surface area (Å²) < 4.78 is 11.5. The van der Waals surface area contributed by atoms with E-state index < -0.39 is 5.97 Å². The number of nitrogens with zero attached hydrogens (tertiary/aromatic N) is 1. The summed E-state index contributed by atoms with van der Waals surface area (Å²) in [7, 11) is 1.57. The smallest absolute Gasteiger partial charge is 0.321 e. The van der Waals surface area contributed by atoms with Crippen molar-refractivity contribution >= 4 is 50.6 Å². The highest BCUT2D eigenvalue weighted by Gasteiger charge is 2.22. The lowest BCUT2D eigenvalue weighted by molar-refractivity contribution is -0.131. The summed E-state index contributed by atoms with van der Waals surface area (Å²) in [5.41, 5.74) is 2.58. The van der Waals surface area contributed by atoms with Crippen LogP contribution in [-0.4, -0.2) is 23.6 Å². The average Bonchev–Trinajstić information content (AvgIpc) is 2.92. The van der Waals surface area contributed by atoms with E-state index in [1.54, 1.807) is 55.0 Å². The topological polar surface area (TPSA) is 57.5 Å². The number of aromatic nitrogens is 1. The number of hydrogen-bond donors (Lipinski definition) is 0. The zero-order valence-electron chi connectivity index (χ0n) is 14.1. The van der Waals surface area contributed by atoms with Gasteiger partial charge >= 0.3 is 5.97 Å². The van der Waals surface area contributed by atoms with E-state index in [1.807, 2.05) is 6.07 Å². The maximum absolute atomic E-state index is 13.1. The van der Waals surface area contributed by atoms with Gasteiger partial charge in [-0.05, 0) is 55.0 Å². The molecule has 7 heteroatoms. The van der Waals surface area contributed by atoms with Gasteiger partial charge in [-0.25, -0.2) is 0 Å². The number of ether oxygens (including phenoxy) is 1. The van der Waals surface area contributed by atoms with E-state index in [9.17, 15) is 9.59 Å². The van der Waals surface area contributed by atoms with Crippen LogP contribution in [0.5, 0.6) is 5.75 Å². The van der Waals surface area contributed by atoms with Crippen molar-refractivity contribution in [3.8, 4) is 5.75 Å². The second kappa shape index (κ2) is 7.51. The van der Waals surface area contributed by atoms with Gasteiger partial charge in [0.05, 0.1) is 19.0 Å². The predicted octanol–water partition coefficient (Wildman–Crippen LogP) is 4.70. The minimum absolute atomic E-state index is 0.0294. The first-order valence-electron chi connectivity index (χ1n) is 7.76. The fraction of sp³-hybridized carbons (Fsp3) is 0.158. The molecule has 0 saturated carbocycles. The highest BCUT2D eigenvalue weighted by atomic mass is 79.9. The molecule has 1 aromatic heterocycles. The van der Waals surface area contributed by atoms with Gasteiger partial charge in [0.1, 0.15) is 5.75 Å². The third-order valence-corrected chi connectivity index (χ3v) is 4.86. The molecular formula is C19H15BrClNO4. The predicted molar refractivity (Wildman–Crippen MR) is 103 cm³/mol. The lowest BCUT2D eigenvalue weighted by atomic mass is 10.1. The fourth-order valence-electron chi connectivity index (χ4n) is 2.97. The first kappa shape index (κ1) is 18.5. The van der Waals surface area contributed by atoms with E-state index in [4.69, 9.17) is 16.3 Å². The molecule has 134 valence electrons. The van der Waals surface area contributed by atoms with Gasteiger partial charge in [0.2, 0.25) is 0 Å². The number of carbonyl (C=O) groups is 2. The number of hydrogen-bond acceptors (Lipinski definition) is 4. The molecule has 0 atom stereocenters. The first-order chi connectivity index (χ1) is 12.5. The van der Waals surface area contributed by atoms with Crippen molar-refractivity contribution in [3.63, 3.8) is 0 Å². The molecule has 1 heterocycles. The van der Waals surface area contributed by atoms with Crippen LogP contribution in [0.3, 0.4) is 0 Å². The molecule has 0 radical (unpaired) electrons. The quantitative estimate of drug-likeness (QED) is 0.595. The van der Waals surface area contributed by atoms with E-state index in [1.165, 1.54) is 0 Å². The van der Waals surface area contributed by atoms with Crippen molar-refractivity contribution < 1.29 is 18.2 Å². The number of benzene rings is 2. The van der Waals surface area contributed by atoms with Crippen molar-refractivity contribution in [3.05, 3.63) is 64.3 Å². The number of methoxy groups -OCH3 is 1. The van der Waals surface area contributed by atoms with E-state index in [0.29, 0.717) is 33.1 Å². The van der Waals surface area contributed by atoms with Crippen LogP contribution in [0, 0.1) is 6.92 Å². The maximum atomic E-state index is 13.1. The van der Waals surface area contributed by atoms with Crippen molar-refractivity contribution in [2.45, 2.75) is 13.3 Å². The standard InChI is InChI=1S/C19H15BrClNO4/c1-11-15(10-18(23)26-20)16-9-14(25-2)7-8-17(16)22(11)19(24)12-3-5-13(21)6-4-12/h3-9H,10H2,1-2H3. The van der Waals surface area contributed by atoms with Crippen LogP contribution in [0.1, 0.15) is 21.6 Å². The van der Waals surface area contributed by atoms with Gasteiger partial charge in [0.15, 0.2) is 16.3 Å². The molecule has 0 bridgehead atoms. The molecule has 0 aliphatic carbocycles. The summed E-state index contributed by atoms with van der Waals surface area (Å²) >= 11 is 8.62. The largest absolute Gasteiger partial charge is 0.497 e. The Balaban J connectivity index is 2.21. The second-order valence-corrected chi connectivity index (χ2v) is 6.48. The molecule has 0 aliphatic heterocycles. The summed E-state index contributed by atoms with van der Waals surface area (Å²) in [5, 5.41) is 1.32. The van der Waals surface area contributed by atoms with Crippen LogP contribution >= 0.6 is 27.9 Å². The van der Waals surface area contributed by atoms with Gasteiger partial charge in [-0.2, -0.15) is 0 Å². The van der Waals surface area contributed by atoms with Gasteiger partial charge in [-0.1, -0.05) is 11.6 Å². The third kappa shape index (κ3) is 3.34. The van der Waals surface area contributed by atoms with E-state index >= 15 is 0 Å². The Labute approximate surface area is 163 Å². The molecule has 0 saturated heterocycles. The summed E-state index contributed by atoms with van der Waals surface area (Å²) in [4.78, 5) is 24.9. The number of halogens is 2. The molecule has 0 amide bonds. The molecule has 3 rings (SSSR count). The van der Waals surface area contributed by atoms with Crippen LogP contribution in [0.15, 0.2) is 42.5 Å². The molecular weight excluding hydrogens is 422 g/mol. The minimum atomic E-state index is -0.450. The number of rotatable bonds is 4. The van der Waals surface area contributed by atoms with Gasteiger partial charge < -0.3 is 8.57 Å². The summed E-state index contributed by atoms with van der Waals surface area (Å²) in [6, 6.07) is 12.1. The molecule has 0 N–H and O–H groups in total. The lowest BCUT2D eigenvalue weighted by Crippen LogP contribution is -2.14. The summed E-state index contributed by atoms with van der Waals surface area (Å²) in [5.74, 6) is -0.0104. The van der Waals surface area contributed by atoms with Gasteiger partial charge in [-0.15, -0.1) is 0 Å². The summed E-state index contributed by atoms with van der Waals surface area (Å²) in [6.07, 6.45) is 0.0294. The monoisotopic (exact) mass is 435 g/mol. The molecule has 26 heavy (non-hydrogen) atoms. The molecule has 0 spiro atoms. The second-order valence-electron chi connectivity index (χ2n) is 5.72. The first-order valence-corrected chi connectivity index (χ1v) is 8.78. The zero-order valence-corrected chi connectivity index (χ0v) is 16.4. The molecule has 5 nitrogen and oxygen atoms in total. The third-order valence-electron chi connectivity index (χ3n) is 4.24. The Kier molecular flexibility index (Phi) is 5.34. The normalized spacial score (nSPS) is 10.8. The number of fused-ring (bicyclic) bond motifs is 1. The van der Waals surface area contributed by atoms with Gasteiger partial charge in [-0.3, -0.25) is 14.2 Å². The van der Waals surface area contributed by atoms with E-state index in [2.05, 4.69) is 20.1 Å². The molecule has 0 aliphatic rings. The van der Waals surface area contributed by atoms with E-state index in [-0.39, 0.29) is 12.3 Å². The van der Waals surface area contributed by atoms with Crippen LogP contribution in [0.2, 0.25) is 5.02 Å². The summed E-state index contributed by atoms with van der Waals surface area (Å²) in [6.45, 7) is 1.80. The zero-order chi connectivity index (χ0) is 18.8. The Morgan fingerprint density at radius 1 is 1.15 bits per heavy atom. The molecule has 0 unspecified atom stereocenters. The molecule has 2 aromatic carbocycles. The van der Waals surface area contributed by atoms with Crippen molar-refractivity contribution in [1.82, 2.24) is 4.57 Å². The van der Waals surface area contributed by atoms with Crippen LogP contribution in [-0.2, 0) is 15.0 Å². The minimum Gasteiger partial charge on any atom is -0.497 e. The highest BCUT2D eigenvalue weighted by molar-refractivity contribution is 9.06. The van der Waals surface area contributed by atoms with Crippen molar-refractivity contribution in [2.24, 2.45) is 0 Å². The van der Waals surface area contributed by atoms with E-state index in [0.717, 1.165) is 5.39 Å². The SMILES string of the molecule is COc1ccc2c(c1)c(CC(=O)OBr)c(C)n2C(=O)c1ccc(Cl)cc1. The van der Waals surface area contributed by atoms with Crippen molar-refractivity contribution in [1.29, 1.82) is 0 Å². The van der Waals surface area contributed by atoms with Crippen molar-refractivity contribution in [2.75, 3.05) is 7.11 Å². The Hall–Kier alpha value is -2.31. The van der Waals surface area contributed by atoms with Gasteiger partial charge in [0.25, 0.3) is 5.91 Å². The fourth-order valence-corrected chi connectivity index (χ4v) is 3.21. The highest BCUT2D eigenvalue weighted by Crippen LogP contribution is 2.31. The molecule has 0 fully saturated rings. The maximum Gasteiger partial charge on any atom is 0.321 e. The Morgan fingerprint density at radius 2 is 1.85 bits per heavy atom. The Bertz CT molecular complexity index is 995. The molecule has 3 aromatic rings. The number of carbonyl (C=O) groups excluding carboxylic acids is 2. The lowest BCUT2D eigenvalue weighted by Gasteiger charge is -2.08. The average molecular weight is 437 g/mol.